The van der Waals surface area contributed by atoms with Gasteiger partial charge in [-0.2, -0.15) is 5.10 Å². The molecule has 4 rings (SSSR count). The summed E-state index contributed by atoms with van der Waals surface area (Å²) in [6, 6.07) is 10.0. The van der Waals surface area contributed by atoms with E-state index in [4.69, 9.17) is 4.74 Å². The first kappa shape index (κ1) is 15.9. The van der Waals surface area contributed by atoms with Crippen molar-refractivity contribution in [2.45, 2.75) is 51.2 Å². The Kier molecular flexibility index (Phi) is 4.03. The highest BCUT2D eigenvalue weighted by atomic mass is 16.5. The molecule has 2 aromatic rings. The summed E-state index contributed by atoms with van der Waals surface area (Å²) < 4.78 is 7.20. The third kappa shape index (κ3) is 3.16. The predicted molar refractivity (Wildman–Crippen MR) is 91.6 cm³/mol. The van der Waals surface area contributed by atoms with Gasteiger partial charge in [0.05, 0.1) is 5.69 Å². The molecular weight excluding hydrogens is 318 g/mol. The van der Waals surface area contributed by atoms with Gasteiger partial charge in [0.25, 0.3) is 5.91 Å². The third-order valence-electron chi connectivity index (χ3n) is 4.70. The largest absolute Gasteiger partial charge is 0.448 e. The number of carbonyl (C=O) groups is 2. The van der Waals surface area contributed by atoms with Gasteiger partial charge in [0.1, 0.15) is 0 Å². The SMILES string of the molecule is C[C@@H](OC(=O)c1nn(-c2ccccc2)c2c1CCC2)C(=O)NC1CC1. The molecule has 1 amide bonds. The molecule has 6 nitrogen and oxygen atoms in total. The highest BCUT2D eigenvalue weighted by Crippen LogP contribution is 2.28. The zero-order valence-electron chi connectivity index (χ0n) is 14.2. The van der Waals surface area contributed by atoms with Gasteiger partial charge in [-0.1, -0.05) is 18.2 Å². The summed E-state index contributed by atoms with van der Waals surface area (Å²) in [7, 11) is 0. The molecule has 1 atom stereocenters. The first-order valence-corrected chi connectivity index (χ1v) is 8.81. The smallest absolute Gasteiger partial charge is 0.359 e. The van der Waals surface area contributed by atoms with Crippen LogP contribution < -0.4 is 5.32 Å². The van der Waals surface area contributed by atoms with Crippen LogP contribution in [0.2, 0.25) is 0 Å². The van der Waals surface area contributed by atoms with Gasteiger partial charge in [-0.25, -0.2) is 9.48 Å². The third-order valence-corrected chi connectivity index (χ3v) is 4.70. The average molecular weight is 339 g/mol. The topological polar surface area (TPSA) is 73.2 Å². The summed E-state index contributed by atoms with van der Waals surface area (Å²) in [5.41, 5.74) is 3.28. The Morgan fingerprint density at radius 3 is 2.72 bits per heavy atom. The van der Waals surface area contributed by atoms with Gasteiger partial charge in [-0.15, -0.1) is 0 Å². The van der Waals surface area contributed by atoms with E-state index in [9.17, 15) is 9.59 Å². The minimum atomic E-state index is -0.813. The molecule has 0 bridgehead atoms. The van der Waals surface area contributed by atoms with Gasteiger partial charge in [0, 0.05) is 17.3 Å². The molecule has 0 spiro atoms. The highest BCUT2D eigenvalue weighted by Gasteiger charge is 2.31. The quantitative estimate of drug-likeness (QED) is 0.848. The molecule has 0 unspecified atom stereocenters. The highest BCUT2D eigenvalue weighted by molar-refractivity contribution is 5.92. The van der Waals surface area contributed by atoms with Crippen LogP contribution in [0.15, 0.2) is 30.3 Å². The van der Waals surface area contributed by atoms with E-state index in [1.165, 1.54) is 0 Å². The molecule has 1 aromatic carbocycles. The molecule has 1 saturated carbocycles. The first-order chi connectivity index (χ1) is 12.1. The summed E-state index contributed by atoms with van der Waals surface area (Å²) in [6.45, 7) is 1.60. The molecule has 1 aromatic heterocycles. The zero-order chi connectivity index (χ0) is 17.4. The number of hydrogen-bond donors (Lipinski definition) is 1. The van der Waals surface area contributed by atoms with E-state index in [-0.39, 0.29) is 11.9 Å². The fourth-order valence-electron chi connectivity index (χ4n) is 3.20. The van der Waals surface area contributed by atoms with Crippen molar-refractivity contribution in [1.29, 1.82) is 0 Å². The van der Waals surface area contributed by atoms with Crippen molar-refractivity contribution in [2.24, 2.45) is 0 Å². The molecule has 1 fully saturated rings. The van der Waals surface area contributed by atoms with Crippen LogP contribution in [0.3, 0.4) is 0 Å². The van der Waals surface area contributed by atoms with Crippen LogP contribution in [0.1, 0.15) is 47.9 Å². The normalized spacial score (nSPS) is 17.0. The van der Waals surface area contributed by atoms with Crippen molar-refractivity contribution in [3.05, 3.63) is 47.3 Å². The molecule has 0 saturated heterocycles. The Morgan fingerprint density at radius 2 is 2.00 bits per heavy atom. The summed E-state index contributed by atoms with van der Waals surface area (Å²) in [4.78, 5) is 24.6. The Morgan fingerprint density at radius 1 is 1.24 bits per heavy atom. The molecule has 0 radical (unpaired) electrons. The number of nitrogens with zero attached hydrogens (tertiary/aromatic N) is 2. The van der Waals surface area contributed by atoms with E-state index in [1.807, 2.05) is 35.0 Å². The van der Waals surface area contributed by atoms with E-state index >= 15 is 0 Å². The number of amides is 1. The predicted octanol–water partition coefficient (Wildman–Crippen LogP) is 2.18. The number of aromatic nitrogens is 2. The summed E-state index contributed by atoms with van der Waals surface area (Å²) in [5, 5.41) is 7.35. The summed E-state index contributed by atoms with van der Waals surface area (Å²) in [6.07, 6.45) is 3.89. The molecule has 0 aliphatic heterocycles. The van der Waals surface area contributed by atoms with Gasteiger partial charge < -0.3 is 10.1 Å². The fourth-order valence-corrected chi connectivity index (χ4v) is 3.20. The number of nitrogens with one attached hydrogen (secondary N) is 1. The number of para-hydroxylation sites is 1. The van der Waals surface area contributed by atoms with Crippen LogP contribution in [0.5, 0.6) is 0 Å². The van der Waals surface area contributed by atoms with Crippen LogP contribution in [-0.4, -0.2) is 33.8 Å². The fraction of sp³-hybridized carbons (Fsp3) is 0.421. The number of carbonyl (C=O) groups excluding carboxylic acids is 2. The number of esters is 1. The second kappa shape index (κ2) is 6.35. The standard InChI is InChI=1S/C19H21N3O3/c1-12(18(23)20-13-10-11-13)25-19(24)17-15-8-5-9-16(15)22(21-17)14-6-3-2-4-7-14/h2-4,6-7,12-13H,5,8-11H2,1H3,(H,20,23)/t12-/m1/s1. The van der Waals surface area contributed by atoms with Gasteiger partial charge >= 0.3 is 5.97 Å². The Balaban J connectivity index is 1.55. The van der Waals surface area contributed by atoms with Gasteiger partial charge in [-0.3, -0.25) is 4.79 Å². The van der Waals surface area contributed by atoms with E-state index in [0.29, 0.717) is 5.69 Å². The minimum absolute atomic E-state index is 0.241. The second-order valence-corrected chi connectivity index (χ2v) is 6.71. The van der Waals surface area contributed by atoms with Crippen molar-refractivity contribution in [3.63, 3.8) is 0 Å². The zero-order valence-corrected chi connectivity index (χ0v) is 14.2. The van der Waals surface area contributed by atoms with Gasteiger partial charge in [0.2, 0.25) is 0 Å². The molecule has 1 N–H and O–H groups in total. The van der Waals surface area contributed by atoms with E-state index in [0.717, 1.165) is 49.0 Å². The van der Waals surface area contributed by atoms with Crippen molar-refractivity contribution in [2.75, 3.05) is 0 Å². The molecule has 2 aliphatic carbocycles. The molecule has 2 aliphatic rings. The molecule has 1 heterocycles. The van der Waals surface area contributed by atoms with Crippen molar-refractivity contribution >= 4 is 11.9 Å². The number of hydrogen-bond acceptors (Lipinski definition) is 4. The van der Waals surface area contributed by atoms with Crippen LogP contribution in [0.4, 0.5) is 0 Å². The van der Waals surface area contributed by atoms with Crippen molar-refractivity contribution < 1.29 is 14.3 Å². The van der Waals surface area contributed by atoms with Gasteiger partial charge in [0.15, 0.2) is 11.8 Å². The lowest BCUT2D eigenvalue weighted by Gasteiger charge is -2.12. The minimum Gasteiger partial charge on any atom is -0.448 e. The molecule has 6 heteroatoms. The average Bonchev–Trinajstić information content (AvgIpc) is 3.17. The number of benzene rings is 1. The lowest BCUT2D eigenvalue weighted by Crippen LogP contribution is -2.37. The van der Waals surface area contributed by atoms with Crippen molar-refractivity contribution in [1.82, 2.24) is 15.1 Å². The van der Waals surface area contributed by atoms with E-state index in [2.05, 4.69) is 10.4 Å². The Hall–Kier alpha value is -2.63. The van der Waals surface area contributed by atoms with Crippen LogP contribution in [-0.2, 0) is 22.4 Å². The van der Waals surface area contributed by atoms with Crippen LogP contribution >= 0.6 is 0 Å². The maximum Gasteiger partial charge on any atom is 0.359 e. The Bertz CT molecular complexity index is 809. The van der Waals surface area contributed by atoms with Crippen LogP contribution in [0, 0.1) is 0 Å². The van der Waals surface area contributed by atoms with E-state index in [1.54, 1.807) is 6.92 Å². The van der Waals surface area contributed by atoms with Crippen LogP contribution in [0.25, 0.3) is 5.69 Å². The second-order valence-electron chi connectivity index (χ2n) is 6.71. The van der Waals surface area contributed by atoms with Crippen molar-refractivity contribution in [3.8, 4) is 5.69 Å². The molecule has 130 valence electrons. The maximum absolute atomic E-state index is 12.6. The maximum atomic E-state index is 12.6. The number of fused-ring (bicyclic) bond motifs is 1. The molecule has 25 heavy (non-hydrogen) atoms. The summed E-state index contributed by atoms with van der Waals surface area (Å²) >= 11 is 0. The van der Waals surface area contributed by atoms with E-state index < -0.39 is 12.1 Å². The lowest BCUT2D eigenvalue weighted by atomic mass is 10.2. The Labute approximate surface area is 146 Å². The number of rotatable bonds is 5. The van der Waals surface area contributed by atoms with Gasteiger partial charge in [-0.05, 0) is 51.2 Å². The first-order valence-electron chi connectivity index (χ1n) is 8.81. The monoisotopic (exact) mass is 339 g/mol. The lowest BCUT2D eigenvalue weighted by molar-refractivity contribution is -0.129. The molecular formula is C19H21N3O3. The number of ether oxygens (including phenoxy) is 1. The summed E-state index contributed by atoms with van der Waals surface area (Å²) in [5.74, 6) is -0.763.